The monoisotopic (exact) mass is 451 g/mol. The zero-order valence-corrected chi connectivity index (χ0v) is 15.9. The number of nitro benzene ring substituents is 1. The highest BCUT2D eigenvalue weighted by atomic mass is 32.2. The van der Waals surface area contributed by atoms with E-state index < -0.39 is 49.1 Å². The maximum atomic E-state index is 14.5. The van der Waals surface area contributed by atoms with Crippen LogP contribution >= 0.6 is 0 Å². The first-order valence-electron chi connectivity index (χ1n) is 7.85. The Hall–Kier alpha value is -3.35. The number of nitro groups is 1. The molecule has 0 saturated carbocycles. The van der Waals surface area contributed by atoms with Crippen molar-refractivity contribution in [1.29, 1.82) is 0 Å². The predicted octanol–water partition coefficient (Wildman–Crippen LogP) is 4.12. The van der Waals surface area contributed by atoms with Crippen LogP contribution in [0.1, 0.15) is 11.1 Å². The molecule has 2 aromatic rings. The Balaban J connectivity index is 2.45. The molecule has 8 nitrogen and oxygen atoms in total. The minimum atomic E-state index is -6.14. The summed E-state index contributed by atoms with van der Waals surface area (Å²) in [5.41, 5.74) is -6.88. The summed E-state index contributed by atoms with van der Waals surface area (Å²) in [7, 11) is -5.19. The smallest absolute Gasteiger partial charge is 0.500 e. The second kappa shape index (κ2) is 8.98. The summed E-state index contributed by atoms with van der Waals surface area (Å²) in [5, 5.41) is 11.3. The average molecular weight is 451 g/mol. The molecule has 13 heteroatoms. The summed E-state index contributed by atoms with van der Waals surface area (Å²) in [6.07, 6.45) is 0.423. The Morgan fingerprint density at radius 2 is 1.83 bits per heavy atom. The second-order valence-electron chi connectivity index (χ2n) is 5.54. The Morgan fingerprint density at radius 1 is 1.20 bits per heavy atom. The lowest BCUT2D eigenvalue weighted by atomic mass is 10.1. The van der Waals surface area contributed by atoms with Gasteiger partial charge in [-0.1, -0.05) is 30.3 Å². The fourth-order valence-electron chi connectivity index (χ4n) is 2.14. The van der Waals surface area contributed by atoms with E-state index in [-0.39, 0.29) is 6.61 Å². The van der Waals surface area contributed by atoms with Gasteiger partial charge in [0.1, 0.15) is 12.9 Å². The van der Waals surface area contributed by atoms with Crippen molar-refractivity contribution in [3.05, 3.63) is 75.8 Å². The van der Waals surface area contributed by atoms with E-state index >= 15 is 0 Å². The summed E-state index contributed by atoms with van der Waals surface area (Å²) >= 11 is 0. The number of hydrogen-bond donors (Lipinski definition) is 0. The third-order valence-corrected chi connectivity index (χ3v) is 4.40. The zero-order chi connectivity index (χ0) is 22.5. The highest BCUT2D eigenvalue weighted by molar-refractivity contribution is 7.87. The Bertz CT molecular complexity index is 1050. The molecule has 2 aromatic carbocycles. The van der Waals surface area contributed by atoms with Crippen molar-refractivity contribution in [3.63, 3.8) is 0 Å². The van der Waals surface area contributed by atoms with Gasteiger partial charge in [-0.3, -0.25) is 10.1 Å². The van der Waals surface area contributed by atoms with Gasteiger partial charge in [0.2, 0.25) is 5.75 Å². The molecule has 0 aliphatic heterocycles. The number of benzene rings is 2. The van der Waals surface area contributed by atoms with Crippen molar-refractivity contribution in [2.24, 2.45) is 0 Å². The van der Waals surface area contributed by atoms with Crippen LogP contribution in [0.5, 0.6) is 5.75 Å². The minimum Gasteiger partial charge on any atom is -0.500 e. The highest BCUT2D eigenvalue weighted by Gasteiger charge is 2.49. The van der Waals surface area contributed by atoms with Crippen LogP contribution in [-0.4, -0.2) is 26.0 Å². The van der Waals surface area contributed by atoms with Gasteiger partial charge in [-0.25, -0.2) is 4.39 Å². The molecule has 0 aromatic heterocycles. The maximum absolute atomic E-state index is 14.5. The van der Waals surface area contributed by atoms with Gasteiger partial charge in [0.25, 0.3) is 0 Å². The summed E-state index contributed by atoms with van der Waals surface area (Å²) in [6, 6.07) is 9.38. The molecule has 162 valence electrons. The predicted molar refractivity (Wildman–Crippen MR) is 94.9 cm³/mol. The third kappa shape index (κ3) is 5.37. The van der Waals surface area contributed by atoms with E-state index in [1.54, 1.807) is 30.3 Å². The fourth-order valence-corrected chi connectivity index (χ4v) is 2.60. The Morgan fingerprint density at radius 3 is 2.37 bits per heavy atom. The first-order valence-corrected chi connectivity index (χ1v) is 9.26. The lowest BCUT2D eigenvalue weighted by molar-refractivity contribution is -0.386. The molecular formula is C17H13F4NO7S. The van der Waals surface area contributed by atoms with Gasteiger partial charge in [0.15, 0.2) is 11.6 Å². The van der Waals surface area contributed by atoms with Gasteiger partial charge in [-0.2, -0.15) is 21.6 Å². The van der Waals surface area contributed by atoms with Crippen LogP contribution in [0.15, 0.2) is 48.7 Å². The first kappa shape index (κ1) is 22.9. The number of hydrogen-bond acceptors (Lipinski definition) is 7. The quantitative estimate of drug-likeness (QED) is 0.148. The average Bonchev–Trinajstić information content (AvgIpc) is 2.65. The van der Waals surface area contributed by atoms with Crippen LogP contribution < -0.4 is 4.74 Å². The van der Waals surface area contributed by atoms with Crippen molar-refractivity contribution in [2.45, 2.75) is 12.1 Å². The van der Waals surface area contributed by atoms with Gasteiger partial charge in [0.05, 0.1) is 12.0 Å². The van der Waals surface area contributed by atoms with E-state index in [0.717, 1.165) is 7.11 Å². The molecule has 0 heterocycles. The fraction of sp³-hybridized carbons (Fsp3) is 0.176. The van der Waals surface area contributed by atoms with Crippen LogP contribution in [0.2, 0.25) is 0 Å². The van der Waals surface area contributed by atoms with Crippen LogP contribution in [0.3, 0.4) is 0 Å². The number of halogens is 4. The molecule has 0 spiro atoms. The topological polar surface area (TPSA) is 105 Å². The molecule has 0 aliphatic carbocycles. The zero-order valence-electron chi connectivity index (χ0n) is 15.1. The molecule has 2 rings (SSSR count). The molecule has 0 atom stereocenters. The number of nitrogens with zero attached hydrogens (tertiary/aromatic N) is 1. The summed E-state index contributed by atoms with van der Waals surface area (Å²) < 4.78 is 88.3. The first-order chi connectivity index (χ1) is 14.0. The number of methoxy groups -OCH3 is 1. The molecule has 0 aliphatic rings. The van der Waals surface area contributed by atoms with Gasteiger partial charge >= 0.3 is 21.3 Å². The van der Waals surface area contributed by atoms with Gasteiger partial charge in [-0.05, 0) is 11.6 Å². The molecule has 0 saturated heterocycles. The van der Waals surface area contributed by atoms with Crippen molar-refractivity contribution in [2.75, 3.05) is 7.11 Å². The van der Waals surface area contributed by atoms with E-state index in [2.05, 4.69) is 8.92 Å². The largest absolute Gasteiger partial charge is 0.534 e. The normalized spacial score (nSPS) is 12.4. The molecule has 0 amide bonds. The van der Waals surface area contributed by atoms with Crippen LogP contribution in [0.25, 0.3) is 5.76 Å². The third-order valence-electron chi connectivity index (χ3n) is 3.44. The van der Waals surface area contributed by atoms with E-state index in [4.69, 9.17) is 4.74 Å². The van der Waals surface area contributed by atoms with Crippen LogP contribution in [-0.2, 0) is 25.6 Å². The SMILES string of the molecule is CO/C=C(/OS(=O)(=O)C(F)(F)F)c1cc(F)c(OCc2ccccc2)c([N+](=O)[O-])c1. The van der Waals surface area contributed by atoms with E-state index in [1.807, 2.05) is 0 Å². The number of ether oxygens (including phenoxy) is 2. The lowest BCUT2D eigenvalue weighted by Crippen LogP contribution is -2.25. The van der Waals surface area contributed by atoms with Crippen LogP contribution in [0.4, 0.5) is 23.2 Å². The van der Waals surface area contributed by atoms with Gasteiger partial charge < -0.3 is 13.7 Å². The second-order valence-corrected chi connectivity index (χ2v) is 7.08. The lowest BCUT2D eigenvalue weighted by Gasteiger charge is -2.14. The van der Waals surface area contributed by atoms with Crippen molar-refractivity contribution >= 4 is 21.6 Å². The molecule has 0 bridgehead atoms. The summed E-state index contributed by atoms with van der Waals surface area (Å²) in [6.45, 7) is -0.238. The highest BCUT2D eigenvalue weighted by Crippen LogP contribution is 2.36. The number of alkyl halides is 3. The molecule has 0 fully saturated rings. The standard InChI is InChI=1S/C17H13F4NO7S/c1-27-10-15(29-30(25,26)17(19,20)21)12-7-13(18)16(14(8-12)22(23)24)28-9-11-5-3-2-4-6-11/h2-8,10H,9H2,1H3/b15-10+. The van der Waals surface area contributed by atoms with Gasteiger partial charge in [-0.15, -0.1) is 0 Å². The van der Waals surface area contributed by atoms with Crippen molar-refractivity contribution in [1.82, 2.24) is 0 Å². The van der Waals surface area contributed by atoms with E-state index in [9.17, 15) is 36.1 Å². The van der Waals surface area contributed by atoms with Gasteiger partial charge in [0, 0.05) is 11.6 Å². The maximum Gasteiger partial charge on any atom is 0.534 e. The molecular weight excluding hydrogens is 438 g/mol. The van der Waals surface area contributed by atoms with Crippen LogP contribution in [0, 0.1) is 15.9 Å². The molecule has 0 radical (unpaired) electrons. The van der Waals surface area contributed by atoms with E-state index in [1.165, 1.54) is 0 Å². The molecule has 0 unspecified atom stereocenters. The summed E-state index contributed by atoms with van der Waals surface area (Å²) in [5.74, 6) is -3.24. The van der Waals surface area contributed by atoms with Crippen molar-refractivity contribution < 1.29 is 44.6 Å². The molecule has 30 heavy (non-hydrogen) atoms. The minimum absolute atomic E-state index is 0.238. The summed E-state index contributed by atoms with van der Waals surface area (Å²) in [4.78, 5) is 10.3. The van der Waals surface area contributed by atoms with E-state index in [0.29, 0.717) is 24.0 Å². The Kier molecular flexibility index (Phi) is 6.87. The van der Waals surface area contributed by atoms with Crippen molar-refractivity contribution in [3.8, 4) is 5.75 Å². The molecule has 0 N–H and O–H groups in total. The Labute approximate surface area is 167 Å². The number of rotatable bonds is 8.